The van der Waals surface area contributed by atoms with Gasteiger partial charge >= 0.3 is 6.09 Å². The summed E-state index contributed by atoms with van der Waals surface area (Å²) in [7, 11) is 1.42. The Morgan fingerprint density at radius 2 is 2.27 bits per heavy atom. The molecule has 80 valence electrons. The van der Waals surface area contributed by atoms with Crippen LogP contribution in [0.5, 0.6) is 0 Å². The number of methoxy groups -OCH3 is 1. The molecule has 0 bridgehead atoms. The molecule has 1 aliphatic rings. The van der Waals surface area contributed by atoms with Crippen molar-refractivity contribution in [3.8, 4) is 0 Å². The summed E-state index contributed by atoms with van der Waals surface area (Å²) in [6.07, 6.45) is -0.282. The first-order chi connectivity index (χ1) is 7.24. The normalized spacial score (nSPS) is 19.6. The number of hydrogen-bond acceptors (Lipinski definition) is 3. The van der Waals surface area contributed by atoms with Gasteiger partial charge in [-0.25, -0.2) is 4.79 Å². The van der Waals surface area contributed by atoms with Gasteiger partial charge in [0.15, 0.2) is 0 Å². The quantitative estimate of drug-likeness (QED) is 0.677. The second-order valence-electron chi connectivity index (χ2n) is 3.47. The molecule has 1 unspecified atom stereocenters. The summed E-state index contributed by atoms with van der Waals surface area (Å²) in [6.45, 7) is 2.03. The Bertz CT molecular complexity index is 381. The lowest BCUT2D eigenvalue weighted by molar-refractivity contribution is 0.176. The van der Waals surface area contributed by atoms with Gasteiger partial charge in [-0.15, -0.1) is 11.8 Å². The fourth-order valence-corrected chi connectivity index (χ4v) is 2.74. The summed E-state index contributed by atoms with van der Waals surface area (Å²) >= 11 is 1.78. The number of carbonyl (C=O) groups excluding carboxylic acids is 1. The van der Waals surface area contributed by atoms with E-state index in [2.05, 4.69) is 0 Å². The fraction of sp³-hybridized carbons (Fsp3) is 0.364. The fourth-order valence-electron chi connectivity index (χ4n) is 1.68. The minimum atomic E-state index is -0.282. The third-order valence-corrected chi connectivity index (χ3v) is 3.72. The molecule has 0 N–H and O–H groups in total. The summed E-state index contributed by atoms with van der Waals surface area (Å²) in [4.78, 5) is 14.5. The first kappa shape index (κ1) is 10.4. The van der Waals surface area contributed by atoms with Crippen molar-refractivity contribution in [3.63, 3.8) is 0 Å². The van der Waals surface area contributed by atoms with Gasteiger partial charge in [0.2, 0.25) is 0 Å². The van der Waals surface area contributed by atoms with Crippen LogP contribution in [0.15, 0.2) is 29.2 Å². The van der Waals surface area contributed by atoms with Crippen molar-refractivity contribution in [2.75, 3.05) is 17.8 Å². The molecule has 1 aromatic carbocycles. The van der Waals surface area contributed by atoms with Crippen LogP contribution in [-0.2, 0) is 4.74 Å². The third kappa shape index (κ3) is 1.81. The molecule has 0 saturated carbocycles. The average Bonchev–Trinajstić information content (AvgIpc) is 2.28. The molecule has 0 radical (unpaired) electrons. The molecule has 0 aromatic heterocycles. The van der Waals surface area contributed by atoms with E-state index in [9.17, 15) is 4.79 Å². The molecule has 0 saturated heterocycles. The van der Waals surface area contributed by atoms with Gasteiger partial charge in [0.25, 0.3) is 0 Å². The van der Waals surface area contributed by atoms with Crippen LogP contribution in [0.1, 0.15) is 6.92 Å². The number of fused-ring (bicyclic) bond motifs is 1. The van der Waals surface area contributed by atoms with E-state index in [-0.39, 0.29) is 12.1 Å². The Morgan fingerprint density at radius 1 is 1.53 bits per heavy atom. The lowest BCUT2D eigenvalue weighted by Crippen LogP contribution is -2.42. The predicted molar refractivity (Wildman–Crippen MR) is 61.5 cm³/mol. The molecule has 15 heavy (non-hydrogen) atoms. The Kier molecular flexibility index (Phi) is 2.86. The monoisotopic (exact) mass is 223 g/mol. The number of nitrogens with zero attached hydrogens (tertiary/aromatic N) is 1. The van der Waals surface area contributed by atoms with Crippen molar-refractivity contribution in [2.45, 2.75) is 17.9 Å². The highest BCUT2D eigenvalue weighted by molar-refractivity contribution is 7.99. The smallest absolute Gasteiger partial charge is 0.414 e. The van der Waals surface area contributed by atoms with Crippen molar-refractivity contribution < 1.29 is 9.53 Å². The summed E-state index contributed by atoms with van der Waals surface area (Å²) in [5.41, 5.74) is 0.952. The van der Waals surface area contributed by atoms with Crippen LogP contribution in [0.3, 0.4) is 0 Å². The van der Waals surface area contributed by atoms with Gasteiger partial charge in [-0.3, -0.25) is 4.90 Å². The second-order valence-corrected chi connectivity index (χ2v) is 4.53. The highest BCUT2D eigenvalue weighted by Gasteiger charge is 2.28. The maximum atomic E-state index is 11.6. The summed E-state index contributed by atoms with van der Waals surface area (Å²) in [5, 5.41) is 0. The van der Waals surface area contributed by atoms with Crippen molar-refractivity contribution >= 4 is 23.5 Å². The van der Waals surface area contributed by atoms with Crippen LogP contribution >= 0.6 is 11.8 Å². The molecule has 1 amide bonds. The molecule has 2 rings (SSSR count). The standard InChI is InChI=1S/C11H13NO2S/c1-8-7-15-10-6-4-3-5-9(10)12(8)11(13)14-2/h3-6,8H,7H2,1-2H3. The number of thioether (sulfide) groups is 1. The topological polar surface area (TPSA) is 29.5 Å². The first-order valence-electron chi connectivity index (χ1n) is 4.83. The zero-order valence-corrected chi connectivity index (χ0v) is 9.58. The van der Waals surface area contributed by atoms with Crippen molar-refractivity contribution in [3.05, 3.63) is 24.3 Å². The van der Waals surface area contributed by atoms with Crippen LogP contribution in [0.25, 0.3) is 0 Å². The van der Waals surface area contributed by atoms with E-state index < -0.39 is 0 Å². The van der Waals surface area contributed by atoms with Crippen molar-refractivity contribution in [2.24, 2.45) is 0 Å². The Labute approximate surface area is 93.4 Å². The van der Waals surface area contributed by atoms with E-state index in [0.717, 1.165) is 16.3 Å². The number of rotatable bonds is 0. The minimum Gasteiger partial charge on any atom is -0.452 e. The van der Waals surface area contributed by atoms with Gasteiger partial charge in [0, 0.05) is 16.7 Å². The minimum absolute atomic E-state index is 0.178. The van der Waals surface area contributed by atoms with E-state index in [4.69, 9.17) is 4.74 Å². The Morgan fingerprint density at radius 3 is 3.00 bits per heavy atom. The van der Waals surface area contributed by atoms with Gasteiger partial charge < -0.3 is 4.74 Å². The highest BCUT2D eigenvalue weighted by atomic mass is 32.2. The number of anilines is 1. The molecule has 3 nitrogen and oxygen atoms in total. The average molecular weight is 223 g/mol. The van der Waals surface area contributed by atoms with Crippen LogP contribution < -0.4 is 4.90 Å². The predicted octanol–water partition coefficient (Wildman–Crippen LogP) is 2.75. The zero-order chi connectivity index (χ0) is 10.8. The van der Waals surface area contributed by atoms with Crippen LogP contribution in [-0.4, -0.2) is 25.0 Å². The van der Waals surface area contributed by atoms with E-state index in [0.29, 0.717) is 0 Å². The molecule has 1 aliphatic heterocycles. The van der Waals surface area contributed by atoms with Crippen molar-refractivity contribution in [1.29, 1.82) is 0 Å². The largest absolute Gasteiger partial charge is 0.452 e. The number of carbonyl (C=O) groups is 1. The number of para-hydroxylation sites is 1. The molecule has 0 aliphatic carbocycles. The third-order valence-electron chi connectivity index (χ3n) is 2.42. The van der Waals surface area contributed by atoms with Crippen molar-refractivity contribution in [1.82, 2.24) is 0 Å². The second kappa shape index (κ2) is 4.14. The number of benzene rings is 1. The van der Waals surface area contributed by atoms with Gasteiger partial charge in [-0.05, 0) is 19.1 Å². The molecule has 1 aromatic rings. The highest BCUT2D eigenvalue weighted by Crippen LogP contribution is 2.37. The number of hydrogen-bond donors (Lipinski definition) is 0. The molecule has 1 atom stereocenters. The molecular weight excluding hydrogens is 210 g/mol. The first-order valence-corrected chi connectivity index (χ1v) is 5.81. The maximum absolute atomic E-state index is 11.6. The molecule has 0 fully saturated rings. The summed E-state index contributed by atoms with van der Waals surface area (Å²) in [5.74, 6) is 0.909. The van der Waals surface area contributed by atoms with Gasteiger partial charge in [0.05, 0.1) is 12.8 Å². The van der Waals surface area contributed by atoms with Crippen LogP contribution in [0.2, 0.25) is 0 Å². The lowest BCUT2D eigenvalue weighted by Gasteiger charge is -2.33. The van der Waals surface area contributed by atoms with Crippen LogP contribution in [0, 0.1) is 0 Å². The van der Waals surface area contributed by atoms with Crippen LogP contribution in [0.4, 0.5) is 10.5 Å². The molecule has 4 heteroatoms. The zero-order valence-electron chi connectivity index (χ0n) is 8.77. The van der Waals surface area contributed by atoms with E-state index in [1.807, 2.05) is 31.2 Å². The lowest BCUT2D eigenvalue weighted by atomic mass is 10.2. The maximum Gasteiger partial charge on any atom is 0.414 e. The van der Waals surface area contributed by atoms with E-state index in [1.54, 1.807) is 16.7 Å². The Balaban J connectivity index is 2.41. The SMILES string of the molecule is COC(=O)N1c2ccccc2SCC1C. The number of ether oxygens (including phenoxy) is 1. The molecule has 0 spiro atoms. The van der Waals surface area contributed by atoms with Gasteiger partial charge in [-0.2, -0.15) is 0 Å². The Hall–Kier alpha value is -1.16. The van der Waals surface area contributed by atoms with E-state index in [1.165, 1.54) is 7.11 Å². The van der Waals surface area contributed by atoms with E-state index >= 15 is 0 Å². The summed E-state index contributed by atoms with van der Waals surface area (Å²) in [6, 6.07) is 8.08. The number of amides is 1. The molecular formula is C11H13NO2S. The molecule has 1 heterocycles. The van der Waals surface area contributed by atoms with Gasteiger partial charge in [0.1, 0.15) is 0 Å². The summed E-state index contributed by atoms with van der Waals surface area (Å²) < 4.78 is 4.79. The van der Waals surface area contributed by atoms with Gasteiger partial charge in [-0.1, -0.05) is 12.1 Å².